The Labute approximate surface area is 94.2 Å². The minimum Gasteiger partial charge on any atom is -0.468 e. The van der Waals surface area contributed by atoms with Crippen LogP contribution in [0, 0.1) is 5.92 Å². The van der Waals surface area contributed by atoms with Crippen LogP contribution >= 0.6 is 15.9 Å². The smallest absolute Gasteiger partial charge is 0.117 e. The minimum absolute atomic E-state index is 0.727. The molecule has 1 N–H and O–H groups in total. The lowest BCUT2D eigenvalue weighted by atomic mass is 10.2. The molecule has 0 unspecified atom stereocenters. The van der Waals surface area contributed by atoms with Crippen LogP contribution in [0.4, 0.5) is 0 Å². The minimum atomic E-state index is 0.727. The highest BCUT2D eigenvalue weighted by atomic mass is 79.9. The van der Waals surface area contributed by atoms with Crippen molar-refractivity contribution in [2.24, 2.45) is 5.92 Å². The number of halogens is 1. The largest absolute Gasteiger partial charge is 0.468 e. The van der Waals surface area contributed by atoms with E-state index in [1.807, 2.05) is 6.07 Å². The van der Waals surface area contributed by atoms with Gasteiger partial charge in [-0.2, -0.15) is 0 Å². The van der Waals surface area contributed by atoms with Gasteiger partial charge in [0, 0.05) is 6.42 Å². The summed E-state index contributed by atoms with van der Waals surface area (Å²) in [5, 5.41) is 3.41. The van der Waals surface area contributed by atoms with Gasteiger partial charge in [0.25, 0.3) is 0 Å². The van der Waals surface area contributed by atoms with Gasteiger partial charge in [0.2, 0.25) is 0 Å². The molecule has 0 saturated carbocycles. The summed E-state index contributed by atoms with van der Waals surface area (Å²) in [6.45, 7) is 6.59. The Hall–Kier alpha value is -0.280. The second kappa shape index (κ2) is 6.25. The van der Waals surface area contributed by atoms with Crippen molar-refractivity contribution >= 4 is 15.9 Å². The molecule has 0 aliphatic heterocycles. The van der Waals surface area contributed by atoms with Crippen LogP contribution < -0.4 is 5.32 Å². The summed E-state index contributed by atoms with van der Waals surface area (Å²) in [5.74, 6) is 1.78. The van der Waals surface area contributed by atoms with Gasteiger partial charge >= 0.3 is 0 Å². The maximum Gasteiger partial charge on any atom is 0.117 e. The molecule has 1 heterocycles. The van der Waals surface area contributed by atoms with Gasteiger partial charge in [0.15, 0.2) is 0 Å². The van der Waals surface area contributed by atoms with E-state index in [1.54, 1.807) is 6.26 Å². The highest BCUT2D eigenvalue weighted by Gasteiger charge is 2.02. The summed E-state index contributed by atoms with van der Waals surface area (Å²) in [6.07, 6.45) is 3.85. The summed E-state index contributed by atoms with van der Waals surface area (Å²) >= 11 is 3.44. The van der Waals surface area contributed by atoms with E-state index in [9.17, 15) is 0 Å². The van der Waals surface area contributed by atoms with Gasteiger partial charge in [-0.3, -0.25) is 0 Å². The highest BCUT2D eigenvalue weighted by Crippen LogP contribution is 2.18. The molecule has 0 saturated heterocycles. The van der Waals surface area contributed by atoms with E-state index in [-0.39, 0.29) is 0 Å². The number of nitrogens with one attached hydrogen (secondary N) is 1. The molecule has 14 heavy (non-hydrogen) atoms. The molecule has 0 bridgehead atoms. The van der Waals surface area contributed by atoms with Gasteiger partial charge in [-0.1, -0.05) is 13.8 Å². The quantitative estimate of drug-likeness (QED) is 0.794. The second-order valence-corrected chi connectivity index (χ2v) is 4.75. The van der Waals surface area contributed by atoms with Crippen molar-refractivity contribution in [3.05, 3.63) is 22.6 Å². The fourth-order valence-corrected chi connectivity index (χ4v) is 1.67. The molecule has 1 rings (SSSR count). The van der Waals surface area contributed by atoms with Crippen LogP contribution in [0.15, 0.2) is 21.2 Å². The normalized spacial score (nSPS) is 11.1. The Kier molecular flexibility index (Phi) is 5.26. The lowest BCUT2D eigenvalue weighted by Crippen LogP contribution is -2.21. The molecule has 1 aromatic rings. The summed E-state index contributed by atoms with van der Waals surface area (Å²) in [6, 6.07) is 1.94. The molecule has 0 amide bonds. The van der Waals surface area contributed by atoms with Crippen molar-refractivity contribution in [3.8, 4) is 0 Å². The lowest BCUT2D eigenvalue weighted by Gasteiger charge is -2.06. The van der Waals surface area contributed by atoms with E-state index in [0.29, 0.717) is 0 Å². The Morgan fingerprint density at radius 1 is 1.50 bits per heavy atom. The molecule has 0 atom stereocenters. The molecular weight excluding hydrogens is 242 g/mol. The zero-order valence-corrected chi connectivity index (χ0v) is 10.4. The summed E-state index contributed by atoms with van der Waals surface area (Å²) in [7, 11) is 0. The van der Waals surface area contributed by atoms with Crippen molar-refractivity contribution < 1.29 is 4.42 Å². The third kappa shape index (κ3) is 4.29. The average Bonchev–Trinajstić information content (AvgIpc) is 2.51. The average molecular weight is 260 g/mol. The maximum atomic E-state index is 5.32. The Morgan fingerprint density at radius 3 is 2.86 bits per heavy atom. The lowest BCUT2D eigenvalue weighted by molar-refractivity contribution is 0.485. The van der Waals surface area contributed by atoms with Crippen LogP contribution in [0.1, 0.15) is 26.0 Å². The van der Waals surface area contributed by atoms with Gasteiger partial charge in [-0.15, -0.1) is 0 Å². The Balaban J connectivity index is 2.08. The van der Waals surface area contributed by atoms with Gasteiger partial charge < -0.3 is 9.73 Å². The van der Waals surface area contributed by atoms with E-state index >= 15 is 0 Å². The monoisotopic (exact) mass is 259 g/mol. The van der Waals surface area contributed by atoms with Crippen LogP contribution in [0.3, 0.4) is 0 Å². The Morgan fingerprint density at radius 2 is 2.29 bits per heavy atom. The number of rotatable bonds is 6. The highest BCUT2D eigenvalue weighted by molar-refractivity contribution is 9.10. The summed E-state index contributed by atoms with van der Waals surface area (Å²) in [4.78, 5) is 0. The van der Waals surface area contributed by atoms with Gasteiger partial charge in [-0.05, 0) is 47.4 Å². The fourth-order valence-electron chi connectivity index (χ4n) is 1.27. The molecular formula is C11H18BrNO. The number of hydrogen-bond donors (Lipinski definition) is 1. The van der Waals surface area contributed by atoms with E-state index in [2.05, 4.69) is 35.1 Å². The molecule has 0 aliphatic rings. The first-order valence-corrected chi connectivity index (χ1v) is 5.92. The molecule has 0 fully saturated rings. The van der Waals surface area contributed by atoms with Crippen molar-refractivity contribution in [3.63, 3.8) is 0 Å². The van der Waals surface area contributed by atoms with Crippen molar-refractivity contribution in [1.29, 1.82) is 0 Å². The second-order valence-electron chi connectivity index (χ2n) is 3.89. The molecule has 1 aromatic heterocycles. The van der Waals surface area contributed by atoms with Crippen LogP contribution in [-0.4, -0.2) is 13.1 Å². The third-order valence-corrected chi connectivity index (χ3v) is 2.71. The number of hydrogen-bond acceptors (Lipinski definition) is 2. The van der Waals surface area contributed by atoms with E-state index in [1.165, 1.54) is 0 Å². The van der Waals surface area contributed by atoms with E-state index < -0.39 is 0 Å². The van der Waals surface area contributed by atoms with E-state index in [4.69, 9.17) is 4.42 Å². The first-order valence-electron chi connectivity index (χ1n) is 5.12. The zero-order chi connectivity index (χ0) is 10.4. The van der Waals surface area contributed by atoms with Crippen LogP contribution in [-0.2, 0) is 6.42 Å². The third-order valence-electron chi connectivity index (χ3n) is 2.00. The zero-order valence-electron chi connectivity index (χ0n) is 8.85. The summed E-state index contributed by atoms with van der Waals surface area (Å²) in [5.41, 5.74) is 0. The fraction of sp³-hybridized carbons (Fsp3) is 0.636. The Bertz CT molecular complexity index is 258. The van der Waals surface area contributed by atoms with Gasteiger partial charge in [-0.25, -0.2) is 0 Å². The molecule has 0 radical (unpaired) electrons. The molecule has 80 valence electrons. The number of furan rings is 1. The van der Waals surface area contributed by atoms with Crippen LogP contribution in [0.25, 0.3) is 0 Å². The van der Waals surface area contributed by atoms with Crippen molar-refractivity contribution in [2.75, 3.05) is 13.1 Å². The van der Waals surface area contributed by atoms with Gasteiger partial charge in [0.05, 0.1) is 10.7 Å². The maximum absolute atomic E-state index is 5.32. The molecule has 2 nitrogen and oxygen atoms in total. The first kappa shape index (κ1) is 11.8. The van der Waals surface area contributed by atoms with Crippen LogP contribution in [0.5, 0.6) is 0 Å². The number of aryl methyl sites for hydroxylation is 1. The predicted octanol–water partition coefficient (Wildman–Crippen LogP) is 3.22. The topological polar surface area (TPSA) is 25.2 Å². The SMILES string of the molecule is CC(C)CNCCCc1occc1Br. The van der Waals surface area contributed by atoms with Crippen molar-refractivity contribution in [1.82, 2.24) is 5.32 Å². The summed E-state index contributed by atoms with van der Waals surface area (Å²) < 4.78 is 6.40. The molecule has 0 aliphatic carbocycles. The first-order chi connectivity index (χ1) is 6.70. The standard InChI is InChI=1S/C11H18BrNO/c1-9(2)8-13-6-3-4-11-10(12)5-7-14-11/h5,7,9,13H,3-4,6,8H2,1-2H3. The predicted molar refractivity (Wildman–Crippen MR) is 62.4 cm³/mol. The van der Waals surface area contributed by atoms with Gasteiger partial charge in [0.1, 0.15) is 5.76 Å². The molecule has 3 heteroatoms. The van der Waals surface area contributed by atoms with Crippen LogP contribution in [0.2, 0.25) is 0 Å². The molecule has 0 aromatic carbocycles. The molecule has 0 spiro atoms. The van der Waals surface area contributed by atoms with Crippen molar-refractivity contribution in [2.45, 2.75) is 26.7 Å². The van der Waals surface area contributed by atoms with E-state index in [0.717, 1.165) is 42.1 Å².